The lowest BCUT2D eigenvalue weighted by Crippen LogP contribution is -2.38. The van der Waals surface area contributed by atoms with Crippen molar-refractivity contribution in [2.75, 3.05) is 13.6 Å². The molecule has 1 atom stereocenters. The summed E-state index contributed by atoms with van der Waals surface area (Å²) in [6.45, 7) is 7.95. The summed E-state index contributed by atoms with van der Waals surface area (Å²) >= 11 is 1.71. The number of hydrogen-bond acceptors (Lipinski definition) is 3. The Morgan fingerprint density at radius 2 is 1.91 bits per heavy atom. The maximum absolute atomic E-state index is 4.27. The maximum Gasteiger partial charge on any atom is 0.191 e. The predicted octanol–water partition coefficient (Wildman–Crippen LogP) is 3.85. The van der Waals surface area contributed by atoms with Crippen LogP contribution in [-0.4, -0.2) is 24.5 Å². The van der Waals surface area contributed by atoms with Crippen LogP contribution >= 0.6 is 35.3 Å². The molecule has 23 heavy (non-hydrogen) atoms. The number of guanidine groups is 1. The first kappa shape index (κ1) is 19.9. The number of aromatic nitrogens is 1. The summed E-state index contributed by atoms with van der Waals surface area (Å²) in [5.41, 5.74) is 2.63. The predicted molar refractivity (Wildman–Crippen MR) is 110 cm³/mol. The molecular formula is C17H25IN4S. The molecule has 0 aliphatic rings. The first-order chi connectivity index (χ1) is 10.6. The first-order valence-electron chi connectivity index (χ1n) is 7.51. The maximum atomic E-state index is 4.27. The van der Waals surface area contributed by atoms with E-state index in [2.05, 4.69) is 58.7 Å². The highest BCUT2D eigenvalue weighted by molar-refractivity contribution is 14.0. The van der Waals surface area contributed by atoms with Crippen molar-refractivity contribution in [2.45, 2.75) is 33.2 Å². The minimum Gasteiger partial charge on any atom is -0.356 e. The van der Waals surface area contributed by atoms with Crippen LogP contribution < -0.4 is 10.6 Å². The van der Waals surface area contributed by atoms with Crippen molar-refractivity contribution >= 4 is 41.3 Å². The topological polar surface area (TPSA) is 49.3 Å². The molecular weight excluding hydrogens is 419 g/mol. The number of nitrogens with one attached hydrogen (secondary N) is 2. The van der Waals surface area contributed by atoms with Crippen molar-refractivity contribution in [1.29, 1.82) is 0 Å². The van der Waals surface area contributed by atoms with Crippen molar-refractivity contribution in [1.82, 2.24) is 15.6 Å². The highest BCUT2D eigenvalue weighted by Crippen LogP contribution is 2.14. The van der Waals surface area contributed by atoms with Gasteiger partial charge in [0.05, 0.1) is 11.6 Å². The van der Waals surface area contributed by atoms with Crippen LogP contribution in [0.1, 0.15) is 33.9 Å². The molecule has 0 spiro atoms. The summed E-state index contributed by atoms with van der Waals surface area (Å²) in [6.07, 6.45) is 1.91. The number of aryl methyl sites for hydroxylation is 2. The summed E-state index contributed by atoms with van der Waals surface area (Å²) < 4.78 is 0. The minimum absolute atomic E-state index is 0. The molecule has 126 valence electrons. The van der Waals surface area contributed by atoms with Crippen molar-refractivity contribution in [2.24, 2.45) is 4.99 Å². The fourth-order valence-electron chi connectivity index (χ4n) is 2.14. The van der Waals surface area contributed by atoms with Gasteiger partial charge in [0.15, 0.2) is 5.96 Å². The smallest absolute Gasteiger partial charge is 0.191 e. The Labute approximate surface area is 159 Å². The lowest BCUT2D eigenvalue weighted by atomic mass is 10.0. The number of thiazole rings is 1. The standard InChI is InChI=1S/C17H24N4S.HI/c1-12-5-7-15(8-6-12)13(2)9-20-17(18-4)21-11-16-10-19-14(3)22-16;/h5-8,10,13H,9,11H2,1-4H3,(H2,18,20,21);1H. The van der Waals surface area contributed by atoms with E-state index in [1.165, 1.54) is 16.0 Å². The second-order valence-electron chi connectivity index (χ2n) is 5.46. The highest BCUT2D eigenvalue weighted by Gasteiger charge is 2.07. The molecule has 4 nitrogen and oxygen atoms in total. The molecule has 2 aromatic rings. The van der Waals surface area contributed by atoms with Crippen LogP contribution in [0.25, 0.3) is 0 Å². The number of benzene rings is 1. The molecule has 2 N–H and O–H groups in total. The first-order valence-corrected chi connectivity index (χ1v) is 8.32. The van der Waals surface area contributed by atoms with Crippen LogP contribution in [0.5, 0.6) is 0 Å². The van der Waals surface area contributed by atoms with E-state index in [1.807, 2.05) is 13.1 Å². The van der Waals surface area contributed by atoms with Gasteiger partial charge in [-0.05, 0) is 25.3 Å². The Morgan fingerprint density at radius 3 is 2.48 bits per heavy atom. The number of halogens is 1. The van der Waals surface area contributed by atoms with Crippen LogP contribution in [0.15, 0.2) is 35.5 Å². The van der Waals surface area contributed by atoms with E-state index in [4.69, 9.17) is 0 Å². The van der Waals surface area contributed by atoms with Crippen LogP contribution in [0.2, 0.25) is 0 Å². The van der Waals surface area contributed by atoms with Crippen LogP contribution in [0.4, 0.5) is 0 Å². The van der Waals surface area contributed by atoms with E-state index >= 15 is 0 Å². The molecule has 0 saturated carbocycles. The number of aliphatic imine (C=N–C) groups is 1. The highest BCUT2D eigenvalue weighted by atomic mass is 127. The largest absolute Gasteiger partial charge is 0.356 e. The van der Waals surface area contributed by atoms with Crippen molar-refractivity contribution in [3.8, 4) is 0 Å². The third kappa shape index (κ3) is 6.47. The van der Waals surface area contributed by atoms with Gasteiger partial charge in [-0.25, -0.2) is 4.98 Å². The normalized spacial score (nSPS) is 12.4. The van der Waals surface area contributed by atoms with E-state index in [0.717, 1.165) is 24.1 Å². The molecule has 6 heteroatoms. The minimum atomic E-state index is 0. The quantitative estimate of drug-likeness (QED) is 0.419. The lowest BCUT2D eigenvalue weighted by molar-refractivity contribution is 0.699. The SMILES string of the molecule is CN=C(NCc1cnc(C)s1)NCC(C)c1ccc(C)cc1.I. The molecule has 0 saturated heterocycles. The van der Waals surface area contributed by atoms with Crippen molar-refractivity contribution in [3.05, 3.63) is 51.5 Å². The van der Waals surface area contributed by atoms with E-state index < -0.39 is 0 Å². The van der Waals surface area contributed by atoms with Gasteiger partial charge in [-0.1, -0.05) is 36.8 Å². The Kier molecular flexibility index (Phi) is 8.54. The van der Waals surface area contributed by atoms with E-state index in [1.54, 1.807) is 18.4 Å². The fourth-order valence-corrected chi connectivity index (χ4v) is 2.88. The molecule has 1 aromatic heterocycles. The number of rotatable bonds is 5. The van der Waals surface area contributed by atoms with Gasteiger partial charge in [0.1, 0.15) is 0 Å². The third-order valence-electron chi connectivity index (χ3n) is 3.54. The zero-order valence-corrected chi connectivity index (χ0v) is 17.2. The molecule has 0 aliphatic carbocycles. The average Bonchev–Trinajstić information content (AvgIpc) is 2.93. The molecule has 0 bridgehead atoms. The van der Waals surface area contributed by atoms with Gasteiger partial charge in [0, 0.05) is 24.7 Å². The summed E-state index contributed by atoms with van der Waals surface area (Å²) in [6, 6.07) is 8.70. The Morgan fingerprint density at radius 1 is 1.22 bits per heavy atom. The van der Waals surface area contributed by atoms with Crippen LogP contribution in [-0.2, 0) is 6.54 Å². The number of hydrogen-bond donors (Lipinski definition) is 2. The fraction of sp³-hybridized carbons (Fsp3) is 0.412. The average molecular weight is 444 g/mol. The van der Waals surface area contributed by atoms with Gasteiger partial charge in [-0.15, -0.1) is 35.3 Å². The molecule has 0 fully saturated rings. The summed E-state index contributed by atoms with van der Waals surface area (Å²) in [5.74, 6) is 1.26. The Balaban J connectivity index is 0.00000264. The van der Waals surface area contributed by atoms with Crippen LogP contribution in [0, 0.1) is 13.8 Å². The number of nitrogens with zero attached hydrogens (tertiary/aromatic N) is 2. The Bertz CT molecular complexity index is 622. The van der Waals surface area contributed by atoms with E-state index in [0.29, 0.717) is 5.92 Å². The van der Waals surface area contributed by atoms with Crippen molar-refractivity contribution < 1.29 is 0 Å². The zero-order valence-electron chi connectivity index (χ0n) is 14.1. The van der Waals surface area contributed by atoms with E-state index in [-0.39, 0.29) is 24.0 Å². The second kappa shape index (κ2) is 9.87. The zero-order chi connectivity index (χ0) is 15.9. The van der Waals surface area contributed by atoms with Gasteiger partial charge in [-0.2, -0.15) is 0 Å². The summed E-state index contributed by atoms with van der Waals surface area (Å²) in [5, 5.41) is 7.80. The van der Waals surface area contributed by atoms with Crippen LogP contribution in [0.3, 0.4) is 0 Å². The van der Waals surface area contributed by atoms with Gasteiger partial charge >= 0.3 is 0 Å². The summed E-state index contributed by atoms with van der Waals surface area (Å²) in [7, 11) is 1.80. The third-order valence-corrected chi connectivity index (χ3v) is 4.46. The van der Waals surface area contributed by atoms with E-state index in [9.17, 15) is 0 Å². The van der Waals surface area contributed by atoms with Gasteiger partial charge < -0.3 is 10.6 Å². The Hall–Kier alpha value is -1.15. The van der Waals surface area contributed by atoms with Gasteiger partial charge in [0.2, 0.25) is 0 Å². The molecule has 1 unspecified atom stereocenters. The van der Waals surface area contributed by atoms with Gasteiger partial charge in [-0.3, -0.25) is 4.99 Å². The molecule has 0 aliphatic heterocycles. The molecule has 0 radical (unpaired) electrons. The molecule has 0 amide bonds. The summed E-state index contributed by atoms with van der Waals surface area (Å²) in [4.78, 5) is 9.74. The monoisotopic (exact) mass is 444 g/mol. The molecule has 1 aromatic carbocycles. The molecule has 2 rings (SSSR count). The second-order valence-corrected chi connectivity index (χ2v) is 6.78. The molecule has 1 heterocycles. The van der Waals surface area contributed by atoms with Crippen molar-refractivity contribution in [3.63, 3.8) is 0 Å². The lowest BCUT2D eigenvalue weighted by Gasteiger charge is -2.16. The van der Waals surface area contributed by atoms with Gasteiger partial charge in [0.25, 0.3) is 0 Å².